The number of esters is 4. The zero-order valence-corrected chi connectivity index (χ0v) is 22.4. The van der Waals surface area contributed by atoms with Crippen LogP contribution in [0.1, 0.15) is 60.3 Å². The molecule has 5 atom stereocenters. The average molecular weight is 543 g/mol. The molecule has 1 aromatic rings. The summed E-state index contributed by atoms with van der Waals surface area (Å²) >= 11 is 0. The molecule has 2 rings (SSSR count). The van der Waals surface area contributed by atoms with Crippen LogP contribution in [-0.2, 0) is 42.9 Å². The second kappa shape index (κ2) is 16.5. The second-order valence-corrected chi connectivity index (χ2v) is 8.57. The van der Waals surface area contributed by atoms with Crippen molar-refractivity contribution in [2.75, 3.05) is 13.2 Å². The van der Waals surface area contributed by atoms with Gasteiger partial charge in [0.1, 0.15) is 24.2 Å². The lowest BCUT2D eigenvalue weighted by molar-refractivity contribution is -0.288. The molecule has 0 radical (unpaired) electrons. The van der Waals surface area contributed by atoms with Gasteiger partial charge >= 0.3 is 23.9 Å². The Kier molecular flexibility index (Phi) is 14.1. The Balaban J connectivity index is 0.00000722. The van der Waals surface area contributed by atoms with Crippen LogP contribution < -0.4 is 9.47 Å². The van der Waals surface area contributed by atoms with Crippen LogP contribution >= 0.6 is 0 Å². The maximum Gasteiger partial charge on any atom is 0.303 e. The molecular weight excluding hydrogens is 504 g/mol. The molecule has 12 heteroatoms. The summed E-state index contributed by atoms with van der Waals surface area (Å²) in [5.41, 5.74) is 0. The zero-order chi connectivity index (χ0) is 27.4. The first-order chi connectivity index (χ1) is 17.6. The molecule has 0 bridgehead atoms. The molecule has 0 spiro atoms. The molecule has 2 N–H and O–H groups in total. The molecule has 0 amide bonds. The third-order valence-electron chi connectivity index (χ3n) is 5.29. The number of carbonyl (C=O) groups excluding carboxylic acids is 4. The largest absolute Gasteiger partial charge is 0.494 e. The monoisotopic (exact) mass is 542 g/mol. The van der Waals surface area contributed by atoms with E-state index in [2.05, 4.69) is 6.92 Å². The highest BCUT2D eigenvalue weighted by molar-refractivity contribution is 5.68. The van der Waals surface area contributed by atoms with Crippen molar-refractivity contribution < 1.29 is 57.8 Å². The van der Waals surface area contributed by atoms with Gasteiger partial charge in [0.25, 0.3) is 0 Å². The summed E-state index contributed by atoms with van der Waals surface area (Å²) in [6.07, 6.45) is -1.85. The van der Waals surface area contributed by atoms with E-state index in [0.29, 0.717) is 18.1 Å². The Morgan fingerprint density at radius 1 is 0.737 bits per heavy atom. The van der Waals surface area contributed by atoms with Crippen LogP contribution in [0.4, 0.5) is 0 Å². The Morgan fingerprint density at radius 2 is 1.29 bits per heavy atom. The van der Waals surface area contributed by atoms with Crippen molar-refractivity contribution in [3.05, 3.63) is 24.3 Å². The Labute approximate surface area is 222 Å². The lowest BCUT2D eigenvalue weighted by Gasteiger charge is -2.43. The van der Waals surface area contributed by atoms with Gasteiger partial charge in [-0.2, -0.15) is 0 Å². The van der Waals surface area contributed by atoms with Gasteiger partial charge in [0, 0.05) is 27.7 Å². The van der Waals surface area contributed by atoms with Crippen molar-refractivity contribution in [3.8, 4) is 11.5 Å². The highest BCUT2D eigenvalue weighted by Gasteiger charge is 2.53. The topological polar surface area (TPSA) is 164 Å². The number of ether oxygens (including phenoxy) is 7. The minimum absolute atomic E-state index is 0. The summed E-state index contributed by atoms with van der Waals surface area (Å²) in [7, 11) is 0. The van der Waals surface area contributed by atoms with Gasteiger partial charge < -0.3 is 38.6 Å². The molecule has 1 heterocycles. The first-order valence-electron chi connectivity index (χ1n) is 12.3. The van der Waals surface area contributed by atoms with Crippen molar-refractivity contribution in [2.24, 2.45) is 0 Å². The average Bonchev–Trinajstić information content (AvgIpc) is 2.81. The molecule has 12 nitrogen and oxygen atoms in total. The lowest BCUT2D eigenvalue weighted by atomic mass is 9.98. The Morgan fingerprint density at radius 3 is 1.84 bits per heavy atom. The van der Waals surface area contributed by atoms with E-state index >= 15 is 0 Å². The van der Waals surface area contributed by atoms with Gasteiger partial charge in [0.15, 0.2) is 12.2 Å². The van der Waals surface area contributed by atoms with E-state index in [9.17, 15) is 19.2 Å². The van der Waals surface area contributed by atoms with Gasteiger partial charge in [0.2, 0.25) is 12.4 Å². The van der Waals surface area contributed by atoms with Gasteiger partial charge in [-0.05, 0) is 30.7 Å². The molecule has 0 unspecified atom stereocenters. The summed E-state index contributed by atoms with van der Waals surface area (Å²) in [5, 5.41) is 0. The molecule has 214 valence electrons. The van der Waals surface area contributed by atoms with Crippen molar-refractivity contribution >= 4 is 23.9 Å². The predicted molar refractivity (Wildman–Crippen MR) is 132 cm³/mol. The summed E-state index contributed by atoms with van der Waals surface area (Å²) in [6.45, 7) is 7.10. The number of unbranched alkanes of at least 4 members (excludes halogenated alkanes) is 3. The predicted octanol–water partition coefficient (Wildman–Crippen LogP) is 2.28. The van der Waals surface area contributed by atoms with Crippen molar-refractivity contribution in [3.63, 3.8) is 0 Å². The molecule has 0 aromatic heterocycles. The molecule has 1 aliphatic rings. The van der Waals surface area contributed by atoms with E-state index < -0.39 is 54.6 Å². The maximum atomic E-state index is 11.9. The number of carbonyl (C=O) groups is 4. The molecule has 0 saturated carbocycles. The first kappa shape index (κ1) is 32.6. The minimum Gasteiger partial charge on any atom is -0.494 e. The van der Waals surface area contributed by atoms with E-state index in [1.54, 1.807) is 24.3 Å². The van der Waals surface area contributed by atoms with E-state index in [-0.39, 0.29) is 12.1 Å². The number of hydrogen-bond donors (Lipinski definition) is 0. The zero-order valence-electron chi connectivity index (χ0n) is 22.4. The first-order valence-corrected chi connectivity index (χ1v) is 12.3. The van der Waals surface area contributed by atoms with E-state index in [4.69, 9.17) is 33.2 Å². The van der Waals surface area contributed by atoms with Gasteiger partial charge in [0.05, 0.1) is 6.61 Å². The summed E-state index contributed by atoms with van der Waals surface area (Å²) in [6, 6.07) is 6.74. The second-order valence-electron chi connectivity index (χ2n) is 8.57. The van der Waals surface area contributed by atoms with Crippen LogP contribution in [0.25, 0.3) is 0 Å². The normalized spacial score (nSPS) is 22.3. The van der Waals surface area contributed by atoms with E-state index in [1.807, 2.05) is 0 Å². The molecule has 0 aliphatic carbocycles. The van der Waals surface area contributed by atoms with Crippen LogP contribution in [0.2, 0.25) is 0 Å². The van der Waals surface area contributed by atoms with E-state index in [0.717, 1.165) is 39.5 Å². The molecule has 1 aliphatic heterocycles. The van der Waals surface area contributed by atoms with Crippen molar-refractivity contribution in [1.82, 2.24) is 0 Å². The van der Waals surface area contributed by atoms with Crippen LogP contribution in [-0.4, -0.2) is 73.3 Å². The van der Waals surface area contributed by atoms with Crippen molar-refractivity contribution in [2.45, 2.75) is 91.0 Å². The fraction of sp³-hybridized carbons (Fsp3) is 0.615. The molecule has 38 heavy (non-hydrogen) atoms. The third-order valence-corrected chi connectivity index (χ3v) is 5.29. The highest BCUT2D eigenvalue weighted by atomic mass is 16.7. The van der Waals surface area contributed by atoms with Gasteiger partial charge in [-0.15, -0.1) is 0 Å². The summed E-state index contributed by atoms with van der Waals surface area (Å²) in [4.78, 5) is 47.1. The Bertz CT molecular complexity index is 900. The van der Waals surface area contributed by atoms with Gasteiger partial charge in [-0.1, -0.05) is 26.2 Å². The van der Waals surface area contributed by atoms with Crippen LogP contribution in [0.15, 0.2) is 24.3 Å². The molecule has 1 saturated heterocycles. The number of benzene rings is 1. The van der Waals surface area contributed by atoms with Crippen molar-refractivity contribution in [1.29, 1.82) is 0 Å². The number of hydrogen-bond acceptors (Lipinski definition) is 11. The standard InChI is InChI=1S/C26H36O11.H2O/c1-6-7-8-9-14-31-20-10-12-21(13-11-20)36-26-25(35-19(5)30)24(34-18(4)29)23(33-17(3)28)22(37-26)15-32-16(2)27;/h10-13,22-26H,6-9,14-15H2,1-5H3;1H2/t22-,23+,24+,25-,26-;/m1./s1. The highest BCUT2D eigenvalue weighted by Crippen LogP contribution is 2.31. The minimum atomic E-state index is -1.30. The molecular formula is C26H38O12. The van der Waals surface area contributed by atoms with Gasteiger partial charge in [-0.25, -0.2) is 0 Å². The smallest absolute Gasteiger partial charge is 0.303 e. The fourth-order valence-corrected chi connectivity index (χ4v) is 3.75. The van der Waals surface area contributed by atoms with Crippen LogP contribution in [0, 0.1) is 0 Å². The molecule has 1 fully saturated rings. The lowest BCUT2D eigenvalue weighted by Crippen LogP contribution is -2.63. The number of rotatable bonds is 13. The third kappa shape index (κ3) is 10.9. The Hall–Kier alpha value is -3.38. The maximum absolute atomic E-state index is 11.9. The van der Waals surface area contributed by atoms with Gasteiger partial charge in [-0.3, -0.25) is 19.2 Å². The fourth-order valence-electron chi connectivity index (χ4n) is 3.75. The van der Waals surface area contributed by atoms with Crippen LogP contribution in [0.3, 0.4) is 0 Å². The van der Waals surface area contributed by atoms with E-state index in [1.165, 1.54) is 13.8 Å². The SMILES string of the molecule is CCCCCCOc1ccc(O[C@@H]2O[C@H](COC(C)=O)[C@H](OC(C)=O)[C@H](OC(C)=O)[C@H]2OC(C)=O)cc1.O. The quantitative estimate of drug-likeness (QED) is 0.204. The summed E-state index contributed by atoms with van der Waals surface area (Å²) < 4.78 is 38.8. The summed E-state index contributed by atoms with van der Waals surface area (Å²) in [5.74, 6) is -1.72. The van der Waals surface area contributed by atoms with Crippen LogP contribution in [0.5, 0.6) is 11.5 Å². The molecule has 1 aromatic carbocycles.